The molecule has 0 bridgehead atoms. The molecule has 0 spiro atoms. The average molecular weight is 234 g/mol. The van der Waals surface area contributed by atoms with E-state index in [-0.39, 0.29) is 12.3 Å². The third-order valence-corrected chi connectivity index (χ3v) is 2.39. The standard InChI is InChI=1S/C12H11FN2O2/c1-17-10-5-2-4-9(11(10)13)8-15-7-3-6-14-12(15)16/h2-7H,8H2,1H3. The van der Waals surface area contributed by atoms with E-state index < -0.39 is 11.5 Å². The summed E-state index contributed by atoms with van der Waals surface area (Å²) in [5.41, 5.74) is -0.0193. The van der Waals surface area contributed by atoms with Crippen LogP contribution >= 0.6 is 0 Å². The first kappa shape index (κ1) is 11.3. The summed E-state index contributed by atoms with van der Waals surface area (Å²) in [7, 11) is 1.40. The summed E-state index contributed by atoms with van der Waals surface area (Å²) in [5.74, 6) is -0.287. The Bertz CT molecular complexity index is 581. The molecule has 0 N–H and O–H groups in total. The summed E-state index contributed by atoms with van der Waals surface area (Å²) in [5, 5.41) is 0. The van der Waals surface area contributed by atoms with Crippen molar-refractivity contribution in [1.29, 1.82) is 0 Å². The highest BCUT2D eigenvalue weighted by Gasteiger charge is 2.09. The number of rotatable bonds is 3. The van der Waals surface area contributed by atoms with Crippen LogP contribution in [0.25, 0.3) is 0 Å². The Balaban J connectivity index is 2.37. The predicted molar refractivity (Wildman–Crippen MR) is 60.6 cm³/mol. The summed E-state index contributed by atoms with van der Waals surface area (Å²) >= 11 is 0. The van der Waals surface area contributed by atoms with Gasteiger partial charge in [0.15, 0.2) is 11.6 Å². The fourth-order valence-corrected chi connectivity index (χ4v) is 1.53. The number of hydrogen-bond donors (Lipinski definition) is 0. The molecule has 0 aliphatic carbocycles. The van der Waals surface area contributed by atoms with Crippen LogP contribution in [0.2, 0.25) is 0 Å². The van der Waals surface area contributed by atoms with Crippen molar-refractivity contribution < 1.29 is 9.13 Å². The van der Waals surface area contributed by atoms with Crippen LogP contribution in [0.3, 0.4) is 0 Å². The second kappa shape index (κ2) is 4.78. The van der Waals surface area contributed by atoms with Gasteiger partial charge in [-0.05, 0) is 12.1 Å². The van der Waals surface area contributed by atoms with Crippen molar-refractivity contribution in [3.63, 3.8) is 0 Å². The van der Waals surface area contributed by atoms with Gasteiger partial charge in [0.25, 0.3) is 0 Å². The fraction of sp³-hybridized carbons (Fsp3) is 0.167. The van der Waals surface area contributed by atoms with E-state index in [0.717, 1.165) is 0 Å². The third kappa shape index (κ3) is 2.33. The molecular formula is C12H11FN2O2. The van der Waals surface area contributed by atoms with Crippen molar-refractivity contribution in [2.75, 3.05) is 7.11 Å². The van der Waals surface area contributed by atoms with Crippen LogP contribution in [0.1, 0.15) is 5.56 Å². The topological polar surface area (TPSA) is 44.1 Å². The average Bonchev–Trinajstić information content (AvgIpc) is 2.34. The Kier molecular flexibility index (Phi) is 3.18. The van der Waals surface area contributed by atoms with Gasteiger partial charge in [0.2, 0.25) is 0 Å². The number of halogens is 1. The molecule has 1 heterocycles. The molecule has 2 aromatic rings. The summed E-state index contributed by atoms with van der Waals surface area (Å²) in [6.45, 7) is 0.135. The van der Waals surface area contributed by atoms with E-state index in [1.54, 1.807) is 24.4 Å². The molecule has 2 rings (SSSR count). The first-order valence-corrected chi connectivity index (χ1v) is 5.05. The SMILES string of the molecule is COc1cccc(Cn2cccnc2=O)c1F. The zero-order chi connectivity index (χ0) is 12.3. The van der Waals surface area contributed by atoms with Crippen molar-refractivity contribution in [2.45, 2.75) is 6.54 Å². The molecule has 0 aliphatic heterocycles. The molecule has 5 heteroatoms. The first-order valence-electron chi connectivity index (χ1n) is 5.05. The molecular weight excluding hydrogens is 223 g/mol. The number of benzene rings is 1. The Morgan fingerprint density at radius 2 is 2.24 bits per heavy atom. The molecule has 0 saturated carbocycles. The van der Waals surface area contributed by atoms with E-state index in [2.05, 4.69) is 4.98 Å². The van der Waals surface area contributed by atoms with Gasteiger partial charge in [0, 0.05) is 18.0 Å². The van der Waals surface area contributed by atoms with Crippen LogP contribution in [0.4, 0.5) is 4.39 Å². The number of methoxy groups -OCH3 is 1. The van der Waals surface area contributed by atoms with Gasteiger partial charge in [-0.15, -0.1) is 0 Å². The van der Waals surface area contributed by atoms with Gasteiger partial charge in [-0.25, -0.2) is 14.2 Å². The maximum absolute atomic E-state index is 13.8. The highest BCUT2D eigenvalue weighted by molar-refractivity contribution is 5.31. The number of hydrogen-bond acceptors (Lipinski definition) is 3. The highest BCUT2D eigenvalue weighted by Crippen LogP contribution is 2.20. The minimum absolute atomic E-state index is 0.135. The predicted octanol–water partition coefficient (Wildman–Crippen LogP) is 1.44. The van der Waals surface area contributed by atoms with Gasteiger partial charge < -0.3 is 4.74 Å². The number of aromatic nitrogens is 2. The maximum Gasteiger partial charge on any atom is 0.347 e. The lowest BCUT2D eigenvalue weighted by molar-refractivity contribution is 0.383. The minimum atomic E-state index is -0.453. The van der Waals surface area contributed by atoms with Crippen molar-refractivity contribution in [2.24, 2.45) is 0 Å². The van der Waals surface area contributed by atoms with Crippen LogP contribution in [-0.4, -0.2) is 16.7 Å². The molecule has 88 valence electrons. The van der Waals surface area contributed by atoms with E-state index in [1.807, 2.05) is 0 Å². The molecule has 0 radical (unpaired) electrons. The minimum Gasteiger partial charge on any atom is -0.494 e. The van der Waals surface area contributed by atoms with Crippen LogP contribution in [0.5, 0.6) is 5.75 Å². The molecule has 1 aromatic heterocycles. The largest absolute Gasteiger partial charge is 0.494 e. The van der Waals surface area contributed by atoms with Crippen molar-refractivity contribution in [3.05, 3.63) is 58.5 Å². The van der Waals surface area contributed by atoms with Crippen LogP contribution in [0, 0.1) is 5.82 Å². The molecule has 17 heavy (non-hydrogen) atoms. The zero-order valence-corrected chi connectivity index (χ0v) is 9.26. The van der Waals surface area contributed by atoms with Gasteiger partial charge >= 0.3 is 5.69 Å². The molecule has 1 aromatic carbocycles. The van der Waals surface area contributed by atoms with E-state index in [1.165, 1.54) is 23.9 Å². The smallest absolute Gasteiger partial charge is 0.347 e. The molecule has 0 aliphatic rings. The first-order chi connectivity index (χ1) is 8.22. The van der Waals surface area contributed by atoms with Gasteiger partial charge in [-0.1, -0.05) is 12.1 Å². The monoisotopic (exact) mass is 234 g/mol. The number of ether oxygens (including phenoxy) is 1. The Morgan fingerprint density at radius 3 is 2.94 bits per heavy atom. The summed E-state index contributed by atoms with van der Waals surface area (Å²) in [4.78, 5) is 15.0. The quantitative estimate of drug-likeness (QED) is 0.807. The maximum atomic E-state index is 13.8. The molecule has 0 amide bonds. The second-order valence-electron chi connectivity index (χ2n) is 3.46. The Labute approximate surface area is 97.3 Å². The van der Waals surface area contributed by atoms with Gasteiger partial charge in [0.1, 0.15) is 0 Å². The van der Waals surface area contributed by atoms with Gasteiger partial charge in [0.05, 0.1) is 13.7 Å². The summed E-state index contributed by atoms with van der Waals surface area (Å²) in [6, 6.07) is 6.44. The normalized spacial score (nSPS) is 10.2. The van der Waals surface area contributed by atoms with Gasteiger partial charge in [-0.2, -0.15) is 0 Å². The molecule has 4 nitrogen and oxygen atoms in total. The van der Waals surface area contributed by atoms with Crippen molar-refractivity contribution >= 4 is 0 Å². The lowest BCUT2D eigenvalue weighted by Gasteiger charge is -2.08. The molecule has 0 atom stereocenters. The number of nitrogens with zero attached hydrogens (tertiary/aromatic N) is 2. The third-order valence-electron chi connectivity index (χ3n) is 2.39. The van der Waals surface area contributed by atoms with Crippen molar-refractivity contribution in [3.8, 4) is 5.75 Å². The van der Waals surface area contributed by atoms with E-state index >= 15 is 0 Å². The lowest BCUT2D eigenvalue weighted by atomic mass is 10.2. The summed E-state index contributed by atoms with van der Waals surface area (Å²) < 4.78 is 20.0. The lowest BCUT2D eigenvalue weighted by Crippen LogP contribution is -2.22. The molecule has 0 saturated heterocycles. The Morgan fingerprint density at radius 1 is 1.41 bits per heavy atom. The fourth-order valence-electron chi connectivity index (χ4n) is 1.53. The van der Waals surface area contributed by atoms with E-state index in [0.29, 0.717) is 5.56 Å². The zero-order valence-electron chi connectivity index (χ0n) is 9.26. The van der Waals surface area contributed by atoms with Gasteiger partial charge in [-0.3, -0.25) is 4.57 Å². The molecule has 0 fully saturated rings. The summed E-state index contributed by atoms with van der Waals surface area (Å²) in [6.07, 6.45) is 2.97. The van der Waals surface area contributed by atoms with E-state index in [9.17, 15) is 9.18 Å². The second-order valence-corrected chi connectivity index (χ2v) is 3.46. The van der Waals surface area contributed by atoms with Crippen LogP contribution < -0.4 is 10.4 Å². The molecule has 0 unspecified atom stereocenters. The van der Waals surface area contributed by atoms with E-state index in [4.69, 9.17) is 4.74 Å². The van der Waals surface area contributed by atoms with Crippen LogP contribution in [0.15, 0.2) is 41.5 Å². The van der Waals surface area contributed by atoms with Crippen molar-refractivity contribution in [1.82, 2.24) is 9.55 Å². The van der Waals surface area contributed by atoms with Crippen LogP contribution in [-0.2, 0) is 6.54 Å². The Hall–Kier alpha value is -2.17. The highest BCUT2D eigenvalue weighted by atomic mass is 19.1.